The van der Waals surface area contributed by atoms with Crippen LogP contribution in [0.25, 0.3) is 0 Å². The first kappa shape index (κ1) is 14.5. The molecule has 3 nitrogen and oxygen atoms in total. The van der Waals surface area contributed by atoms with Gasteiger partial charge in [-0.2, -0.15) is 0 Å². The van der Waals surface area contributed by atoms with Gasteiger partial charge in [0.05, 0.1) is 0 Å². The molecule has 0 aliphatic carbocycles. The topological polar surface area (TPSA) is 66.5 Å². The molecule has 5 heteroatoms. The fourth-order valence-electron chi connectivity index (χ4n) is 1.34. The molecule has 0 aliphatic rings. The second-order valence-electron chi connectivity index (χ2n) is 3.28. The highest BCUT2D eigenvalue weighted by atomic mass is 35.5. The molecule has 0 saturated carbocycles. The maximum atomic E-state index is 9.70. The van der Waals surface area contributed by atoms with Crippen LogP contribution >= 0.6 is 24.0 Å². The van der Waals surface area contributed by atoms with Crippen LogP contribution in [0.3, 0.4) is 0 Å². The fourth-order valence-corrected chi connectivity index (χ4v) is 1.62. The minimum absolute atomic E-state index is 0. The molecule has 1 aromatic rings. The Bertz CT molecular complexity index is 331. The predicted molar refractivity (Wildman–Crippen MR) is 63.7 cm³/mol. The molecule has 0 radical (unpaired) electrons. The molecule has 1 aromatic carbocycles. The second-order valence-corrected chi connectivity index (χ2v) is 3.72. The smallest absolute Gasteiger partial charge is 0.123 e. The van der Waals surface area contributed by atoms with E-state index in [4.69, 9.17) is 22.4 Å². The fraction of sp³-hybridized carbons (Fsp3) is 0.400. The van der Waals surface area contributed by atoms with Crippen LogP contribution in [-0.2, 0) is 0 Å². The van der Waals surface area contributed by atoms with Crippen molar-refractivity contribution in [3.63, 3.8) is 0 Å². The van der Waals surface area contributed by atoms with Crippen LogP contribution in [0.15, 0.2) is 12.1 Å². The Kier molecular flexibility index (Phi) is 5.98. The average Bonchev–Trinajstić information content (AvgIpc) is 2.11. The molecular weight excluding hydrogens is 237 g/mol. The van der Waals surface area contributed by atoms with Gasteiger partial charge in [0.2, 0.25) is 0 Å². The summed E-state index contributed by atoms with van der Waals surface area (Å²) in [5.74, 6) is 0.162. The SMILES string of the molecule is Cc1cc(Cl)cc(C(N)CCO)c1O.Cl. The molecule has 0 bridgehead atoms. The lowest BCUT2D eigenvalue weighted by molar-refractivity contribution is 0.275. The lowest BCUT2D eigenvalue weighted by Crippen LogP contribution is -2.12. The number of phenolic OH excluding ortho intramolecular Hbond substituents is 1. The number of rotatable bonds is 3. The normalized spacial score (nSPS) is 12.0. The first-order valence-electron chi connectivity index (χ1n) is 4.41. The zero-order chi connectivity index (χ0) is 10.7. The molecule has 86 valence electrons. The van der Waals surface area contributed by atoms with Gasteiger partial charge in [-0.15, -0.1) is 12.4 Å². The van der Waals surface area contributed by atoms with Crippen molar-refractivity contribution in [2.75, 3.05) is 6.61 Å². The van der Waals surface area contributed by atoms with Crippen LogP contribution in [0.4, 0.5) is 0 Å². The first-order chi connectivity index (χ1) is 6.56. The van der Waals surface area contributed by atoms with Gasteiger partial charge in [0.25, 0.3) is 0 Å². The number of aromatic hydroxyl groups is 1. The number of nitrogens with two attached hydrogens (primary N) is 1. The van der Waals surface area contributed by atoms with Gasteiger partial charge in [0, 0.05) is 23.2 Å². The standard InChI is InChI=1S/C10H14ClNO2.ClH/c1-6-4-7(11)5-8(10(6)14)9(12)2-3-13;/h4-5,9,13-14H,2-3,12H2,1H3;1H. The van der Waals surface area contributed by atoms with Gasteiger partial charge in [0.1, 0.15) is 5.75 Å². The van der Waals surface area contributed by atoms with Crippen LogP contribution < -0.4 is 5.73 Å². The summed E-state index contributed by atoms with van der Waals surface area (Å²) in [4.78, 5) is 0. The van der Waals surface area contributed by atoms with E-state index in [1.54, 1.807) is 19.1 Å². The Hall–Kier alpha value is -0.480. The van der Waals surface area contributed by atoms with Gasteiger partial charge in [-0.3, -0.25) is 0 Å². The molecule has 0 fully saturated rings. The van der Waals surface area contributed by atoms with Crippen LogP contribution in [0.2, 0.25) is 5.02 Å². The van der Waals surface area contributed by atoms with Gasteiger partial charge >= 0.3 is 0 Å². The number of aryl methyl sites for hydroxylation is 1. The van der Waals surface area contributed by atoms with E-state index < -0.39 is 0 Å². The van der Waals surface area contributed by atoms with E-state index in [-0.39, 0.29) is 30.8 Å². The van der Waals surface area contributed by atoms with Crippen molar-refractivity contribution >= 4 is 24.0 Å². The predicted octanol–water partition coefficient (Wildman–Crippen LogP) is 2.16. The molecule has 1 unspecified atom stereocenters. The zero-order valence-corrected chi connectivity index (χ0v) is 9.98. The molecule has 0 aromatic heterocycles. The highest BCUT2D eigenvalue weighted by Crippen LogP contribution is 2.31. The molecule has 1 rings (SSSR count). The van der Waals surface area contributed by atoms with Crippen LogP contribution in [0.1, 0.15) is 23.6 Å². The first-order valence-corrected chi connectivity index (χ1v) is 4.79. The quantitative estimate of drug-likeness (QED) is 0.772. The number of hydrogen-bond acceptors (Lipinski definition) is 3. The highest BCUT2D eigenvalue weighted by Gasteiger charge is 2.13. The van der Waals surface area contributed by atoms with E-state index in [1.165, 1.54) is 0 Å². The third-order valence-electron chi connectivity index (χ3n) is 2.13. The molecule has 15 heavy (non-hydrogen) atoms. The van der Waals surface area contributed by atoms with Crippen molar-refractivity contribution < 1.29 is 10.2 Å². The van der Waals surface area contributed by atoms with Crippen molar-refractivity contribution in [2.24, 2.45) is 5.73 Å². The minimum Gasteiger partial charge on any atom is -0.507 e. The summed E-state index contributed by atoms with van der Waals surface area (Å²) in [6.07, 6.45) is 0.410. The van der Waals surface area contributed by atoms with Gasteiger partial charge in [-0.05, 0) is 31.0 Å². The van der Waals surface area contributed by atoms with E-state index in [1.807, 2.05) is 0 Å². The Morgan fingerprint density at radius 2 is 2.07 bits per heavy atom. The third kappa shape index (κ3) is 3.54. The molecular formula is C10H15Cl2NO2. The number of benzene rings is 1. The minimum atomic E-state index is -0.377. The van der Waals surface area contributed by atoms with Crippen LogP contribution in [0.5, 0.6) is 5.75 Å². The second kappa shape index (κ2) is 6.18. The van der Waals surface area contributed by atoms with Crippen molar-refractivity contribution in [1.82, 2.24) is 0 Å². The average molecular weight is 252 g/mol. The summed E-state index contributed by atoms with van der Waals surface area (Å²) in [6.45, 7) is 1.75. The lowest BCUT2D eigenvalue weighted by atomic mass is 10.0. The Balaban J connectivity index is 0.00000196. The van der Waals surface area contributed by atoms with Gasteiger partial charge in [-0.25, -0.2) is 0 Å². The van der Waals surface area contributed by atoms with Crippen molar-refractivity contribution in [3.05, 3.63) is 28.3 Å². The van der Waals surface area contributed by atoms with Gasteiger partial charge < -0.3 is 15.9 Å². The van der Waals surface area contributed by atoms with Crippen molar-refractivity contribution in [1.29, 1.82) is 0 Å². The Morgan fingerprint density at radius 3 is 2.60 bits per heavy atom. The summed E-state index contributed by atoms with van der Waals surface area (Å²) >= 11 is 5.84. The monoisotopic (exact) mass is 251 g/mol. The maximum absolute atomic E-state index is 9.70. The number of phenols is 1. The molecule has 4 N–H and O–H groups in total. The molecule has 0 amide bonds. The van der Waals surface area contributed by atoms with Crippen LogP contribution in [0, 0.1) is 6.92 Å². The highest BCUT2D eigenvalue weighted by molar-refractivity contribution is 6.30. The van der Waals surface area contributed by atoms with Crippen molar-refractivity contribution in [2.45, 2.75) is 19.4 Å². The number of halogens is 2. The van der Waals surface area contributed by atoms with E-state index in [2.05, 4.69) is 0 Å². The molecule has 0 aliphatic heterocycles. The lowest BCUT2D eigenvalue weighted by Gasteiger charge is -2.14. The van der Waals surface area contributed by atoms with E-state index >= 15 is 0 Å². The number of hydrogen-bond donors (Lipinski definition) is 3. The van der Waals surface area contributed by atoms with E-state index in [9.17, 15) is 5.11 Å². The largest absolute Gasteiger partial charge is 0.507 e. The molecule has 0 spiro atoms. The third-order valence-corrected chi connectivity index (χ3v) is 2.35. The van der Waals surface area contributed by atoms with Gasteiger partial charge in [-0.1, -0.05) is 11.6 Å². The number of aliphatic hydroxyl groups excluding tert-OH is 1. The Labute approximate surface area is 100 Å². The summed E-state index contributed by atoms with van der Waals surface area (Å²) in [7, 11) is 0. The molecule has 0 heterocycles. The summed E-state index contributed by atoms with van der Waals surface area (Å²) in [6, 6.07) is 2.92. The van der Waals surface area contributed by atoms with Crippen molar-refractivity contribution in [3.8, 4) is 5.75 Å². The Morgan fingerprint density at radius 1 is 1.47 bits per heavy atom. The van der Waals surface area contributed by atoms with E-state index in [0.717, 1.165) is 0 Å². The number of aliphatic hydroxyl groups is 1. The van der Waals surface area contributed by atoms with Gasteiger partial charge in [0.15, 0.2) is 0 Å². The summed E-state index contributed by atoms with van der Waals surface area (Å²) in [5, 5.41) is 19.0. The van der Waals surface area contributed by atoms with Crippen LogP contribution in [-0.4, -0.2) is 16.8 Å². The molecule has 1 atom stereocenters. The zero-order valence-electron chi connectivity index (χ0n) is 8.40. The summed E-state index contributed by atoms with van der Waals surface area (Å²) < 4.78 is 0. The summed E-state index contributed by atoms with van der Waals surface area (Å²) in [5.41, 5.74) is 7.05. The maximum Gasteiger partial charge on any atom is 0.123 e. The molecule has 0 saturated heterocycles. The van der Waals surface area contributed by atoms with E-state index in [0.29, 0.717) is 22.6 Å².